The van der Waals surface area contributed by atoms with Gasteiger partial charge in [-0.3, -0.25) is 0 Å². The van der Waals surface area contributed by atoms with Crippen LogP contribution in [0.3, 0.4) is 0 Å². The van der Waals surface area contributed by atoms with Crippen LogP contribution in [0.4, 0.5) is 13.2 Å². The molecule has 0 fully saturated rings. The van der Waals surface area contributed by atoms with E-state index in [9.17, 15) is 13.2 Å². The predicted octanol–water partition coefficient (Wildman–Crippen LogP) is 3.00. The van der Waals surface area contributed by atoms with Crippen LogP contribution in [0.5, 0.6) is 0 Å². The van der Waals surface area contributed by atoms with E-state index in [4.69, 9.17) is 17.3 Å². The molecule has 18 heavy (non-hydrogen) atoms. The molecule has 0 amide bonds. The molecule has 1 aromatic carbocycles. The summed E-state index contributed by atoms with van der Waals surface area (Å²) in [6.45, 7) is 0.220. The standard InChI is InChI=1S/C11H9ClF3N3/c12-9-3-7(11(13,14)15)1-2-10(9)18-6-17-5-8(18)4-16/h1-3,5-6H,4,16H2. The lowest BCUT2D eigenvalue weighted by atomic mass is 10.2. The normalized spacial score (nSPS) is 11.8. The Balaban J connectivity index is 2.48. The highest BCUT2D eigenvalue weighted by molar-refractivity contribution is 6.32. The van der Waals surface area contributed by atoms with E-state index >= 15 is 0 Å². The lowest BCUT2D eigenvalue weighted by Crippen LogP contribution is -2.08. The minimum atomic E-state index is -4.41. The molecular weight excluding hydrogens is 267 g/mol. The number of imidazole rings is 1. The first kappa shape index (κ1) is 12.9. The number of nitrogens with two attached hydrogens (primary N) is 1. The molecule has 0 saturated carbocycles. The first-order chi connectivity index (χ1) is 8.43. The maximum absolute atomic E-state index is 12.5. The molecule has 7 heteroatoms. The van der Waals surface area contributed by atoms with Crippen LogP contribution in [0, 0.1) is 0 Å². The minimum Gasteiger partial charge on any atom is -0.325 e. The summed E-state index contributed by atoms with van der Waals surface area (Å²) < 4.78 is 39.0. The largest absolute Gasteiger partial charge is 0.416 e. The second kappa shape index (κ2) is 4.62. The van der Waals surface area contributed by atoms with Crippen molar-refractivity contribution in [3.63, 3.8) is 0 Å². The average molecular weight is 276 g/mol. The number of nitrogens with zero attached hydrogens (tertiary/aromatic N) is 2. The van der Waals surface area contributed by atoms with E-state index in [1.54, 1.807) is 4.57 Å². The molecule has 0 spiro atoms. The van der Waals surface area contributed by atoms with E-state index in [0.29, 0.717) is 11.4 Å². The summed E-state index contributed by atoms with van der Waals surface area (Å²) in [5.74, 6) is 0. The summed E-state index contributed by atoms with van der Waals surface area (Å²) >= 11 is 5.87. The fraction of sp³-hybridized carbons (Fsp3) is 0.182. The van der Waals surface area contributed by atoms with Gasteiger partial charge >= 0.3 is 6.18 Å². The maximum Gasteiger partial charge on any atom is 0.416 e. The molecule has 0 bridgehead atoms. The van der Waals surface area contributed by atoms with E-state index in [1.807, 2.05) is 0 Å². The number of rotatable bonds is 2. The van der Waals surface area contributed by atoms with E-state index in [1.165, 1.54) is 18.6 Å². The van der Waals surface area contributed by atoms with Gasteiger partial charge in [0.15, 0.2) is 0 Å². The number of hydrogen-bond donors (Lipinski definition) is 1. The molecule has 0 aliphatic heterocycles. The van der Waals surface area contributed by atoms with Gasteiger partial charge in [0.2, 0.25) is 0 Å². The Labute approximate surface area is 106 Å². The highest BCUT2D eigenvalue weighted by Crippen LogP contribution is 2.33. The predicted molar refractivity (Wildman–Crippen MR) is 61.5 cm³/mol. The van der Waals surface area contributed by atoms with Gasteiger partial charge in [0.25, 0.3) is 0 Å². The average Bonchev–Trinajstić information content (AvgIpc) is 2.75. The van der Waals surface area contributed by atoms with E-state index in [0.717, 1.165) is 12.1 Å². The SMILES string of the molecule is NCc1cncn1-c1ccc(C(F)(F)F)cc1Cl. The van der Waals surface area contributed by atoms with Crippen molar-refractivity contribution in [3.05, 3.63) is 47.0 Å². The zero-order valence-electron chi connectivity index (χ0n) is 9.08. The molecule has 1 heterocycles. The van der Waals surface area contributed by atoms with Gasteiger partial charge in [-0.25, -0.2) is 4.98 Å². The molecular formula is C11H9ClF3N3. The molecule has 0 unspecified atom stereocenters. The monoisotopic (exact) mass is 275 g/mol. The van der Waals surface area contributed by atoms with Crippen molar-refractivity contribution in [2.45, 2.75) is 12.7 Å². The van der Waals surface area contributed by atoms with Crippen molar-refractivity contribution in [3.8, 4) is 5.69 Å². The summed E-state index contributed by atoms with van der Waals surface area (Å²) in [6, 6.07) is 3.16. The molecule has 3 nitrogen and oxygen atoms in total. The number of aromatic nitrogens is 2. The number of alkyl halides is 3. The van der Waals surface area contributed by atoms with Crippen molar-refractivity contribution in [2.24, 2.45) is 5.73 Å². The Bertz CT molecular complexity index is 563. The zero-order valence-corrected chi connectivity index (χ0v) is 9.83. The summed E-state index contributed by atoms with van der Waals surface area (Å²) in [5.41, 5.74) is 5.79. The van der Waals surface area contributed by atoms with Crippen LogP contribution in [0.15, 0.2) is 30.7 Å². The molecule has 0 saturated heterocycles. The lowest BCUT2D eigenvalue weighted by molar-refractivity contribution is -0.137. The minimum absolute atomic E-state index is 0.00229. The number of benzene rings is 1. The molecule has 2 N–H and O–H groups in total. The number of halogens is 4. The molecule has 0 aliphatic rings. The molecule has 0 radical (unpaired) electrons. The van der Waals surface area contributed by atoms with Crippen LogP contribution in [0.25, 0.3) is 5.69 Å². The van der Waals surface area contributed by atoms with Crippen molar-refractivity contribution in [2.75, 3.05) is 0 Å². The van der Waals surface area contributed by atoms with Gasteiger partial charge < -0.3 is 10.3 Å². The summed E-state index contributed by atoms with van der Waals surface area (Å²) in [7, 11) is 0. The Hall–Kier alpha value is -1.53. The van der Waals surface area contributed by atoms with Gasteiger partial charge in [-0.2, -0.15) is 13.2 Å². The molecule has 0 aliphatic carbocycles. The fourth-order valence-electron chi connectivity index (χ4n) is 1.57. The van der Waals surface area contributed by atoms with Gasteiger partial charge in [0, 0.05) is 12.7 Å². The van der Waals surface area contributed by atoms with Gasteiger partial charge in [0.05, 0.1) is 28.3 Å². The summed E-state index contributed by atoms with van der Waals surface area (Å²) in [6.07, 6.45) is -1.42. The van der Waals surface area contributed by atoms with Crippen LogP contribution in [-0.4, -0.2) is 9.55 Å². The topological polar surface area (TPSA) is 43.8 Å². The Morgan fingerprint density at radius 3 is 2.61 bits per heavy atom. The molecule has 0 atom stereocenters. The van der Waals surface area contributed by atoms with E-state index < -0.39 is 11.7 Å². The third kappa shape index (κ3) is 2.34. The van der Waals surface area contributed by atoms with Crippen LogP contribution in [0.1, 0.15) is 11.3 Å². The van der Waals surface area contributed by atoms with Gasteiger partial charge in [0.1, 0.15) is 0 Å². The first-order valence-corrected chi connectivity index (χ1v) is 5.39. The van der Waals surface area contributed by atoms with E-state index in [2.05, 4.69) is 4.98 Å². The van der Waals surface area contributed by atoms with Gasteiger partial charge in [-0.1, -0.05) is 11.6 Å². The highest BCUT2D eigenvalue weighted by atomic mass is 35.5. The smallest absolute Gasteiger partial charge is 0.325 e. The highest BCUT2D eigenvalue weighted by Gasteiger charge is 2.31. The van der Waals surface area contributed by atoms with Crippen LogP contribution in [-0.2, 0) is 12.7 Å². The van der Waals surface area contributed by atoms with E-state index in [-0.39, 0.29) is 11.6 Å². The number of hydrogen-bond acceptors (Lipinski definition) is 2. The Morgan fingerprint density at radius 1 is 1.33 bits per heavy atom. The first-order valence-electron chi connectivity index (χ1n) is 5.02. The fourth-order valence-corrected chi connectivity index (χ4v) is 1.84. The second-order valence-electron chi connectivity index (χ2n) is 3.62. The van der Waals surface area contributed by atoms with Crippen molar-refractivity contribution >= 4 is 11.6 Å². The maximum atomic E-state index is 12.5. The summed E-state index contributed by atoms with van der Waals surface area (Å²) in [4.78, 5) is 3.88. The Kier molecular flexibility index (Phi) is 3.32. The van der Waals surface area contributed by atoms with Crippen molar-refractivity contribution < 1.29 is 13.2 Å². The molecule has 96 valence electrons. The van der Waals surface area contributed by atoms with Crippen LogP contribution < -0.4 is 5.73 Å². The van der Waals surface area contributed by atoms with Crippen molar-refractivity contribution in [1.29, 1.82) is 0 Å². The van der Waals surface area contributed by atoms with Crippen molar-refractivity contribution in [1.82, 2.24) is 9.55 Å². The second-order valence-corrected chi connectivity index (χ2v) is 4.03. The Morgan fingerprint density at radius 2 is 2.06 bits per heavy atom. The third-order valence-electron chi connectivity index (χ3n) is 2.46. The molecule has 2 aromatic rings. The zero-order chi connectivity index (χ0) is 13.3. The van der Waals surface area contributed by atoms with Gasteiger partial charge in [-0.05, 0) is 18.2 Å². The van der Waals surface area contributed by atoms with Gasteiger partial charge in [-0.15, -0.1) is 0 Å². The van der Waals surface area contributed by atoms with Crippen LogP contribution in [0.2, 0.25) is 5.02 Å². The molecule has 1 aromatic heterocycles. The molecule has 2 rings (SSSR count). The quantitative estimate of drug-likeness (QED) is 0.916. The third-order valence-corrected chi connectivity index (χ3v) is 2.76. The summed E-state index contributed by atoms with van der Waals surface area (Å²) in [5, 5.41) is -0.00229. The van der Waals surface area contributed by atoms with Crippen LogP contribution >= 0.6 is 11.6 Å². The lowest BCUT2D eigenvalue weighted by Gasteiger charge is -2.12.